The van der Waals surface area contributed by atoms with Gasteiger partial charge < -0.3 is 10.6 Å². The van der Waals surface area contributed by atoms with Gasteiger partial charge in [0.05, 0.1) is 5.01 Å². The number of hydrogen-bond acceptors (Lipinski definition) is 4. The van der Waals surface area contributed by atoms with Crippen LogP contribution in [0.5, 0.6) is 0 Å². The number of guanidine groups is 1. The molecule has 0 aromatic carbocycles. The summed E-state index contributed by atoms with van der Waals surface area (Å²) in [7, 11) is 1.69. The van der Waals surface area contributed by atoms with Crippen LogP contribution in [0.2, 0.25) is 0 Å². The van der Waals surface area contributed by atoms with Gasteiger partial charge in [-0.2, -0.15) is 24.9 Å². The minimum atomic E-state index is -4.37. The summed E-state index contributed by atoms with van der Waals surface area (Å²) in [6.07, 6.45) is -1.51. The Kier molecular flexibility index (Phi) is 6.19. The first-order valence-corrected chi connectivity index (χ1v) is 9.29. The Labute approximate surface area is 142 Å². The van der Waals surface area contributed by atoms with Gasteiger partial charge in [-0.25, -0.2) is 4.98 Å². The summed E-state index contributed by atoms with van der Waals surface area (Å²) >= 11 is 3.00. The Balaban J connectivity index is 1.74. The third kappa shape index (κ3) is 5.56. The molecular formula is C14H21F3N4S2. The number of nitrogens with one attached hydrogen (secondary N) is 2. The second-order valence-electron chi connectivity index (χ2n) is 5.63. The summed E-state index contributed by atoms with van der Waals surface area (Å²) in [5.74, 6) is 1.86. The molecular weight excluding hydrogens is 345 g/mol. The van der Waals surface area contributed by atoms with E-state index >= 15 is 0 Å². The molecule has 0 bridgehead atoms. The van der Waals surface area contributed by atoms with E-state index in [2.05, 4.69) is 27.5 Å². The third-order valence-electron chi connectivity index (χ3n) is 3.63. The molecule has 23 heavy (non-hydrogen) atoms. The number of aromatic nitrogens is 1. The van der Waals surface area contributed by atoms with Crippen LogP contribution < -0.4 is 10.6 Å². The minimum absolute atomic E-state index is 0.231. The molecule has 0 saturated carbocycles. The minimum Gasteiger partial charge on any atom is -0.356 e. The lowest BCUT2D eigenvalue weighted by atomic mass is 10.1. The van der Waals surface area contributed by atoms with E-state index in [0.717, 1.165) is 23.3 Å². The van der Waals surface area contributed by atoms with Gasteiger partial charge in [-0.1, -0.05) is 0 Å². The number of thioether (sulfide) groups is 1. The summed E-state index contributed by atoms with van der Waals surface area (Å²) in [4.78, 5) is 7.76. The summed E-state index contributed by atoms with van der Waals surface area (Å²) in [5, 5.41) is 7.94. The molecule has 0 amide bonds. The largest absolute Gasteiger partial charge is 0.434 e. The molecule has 2 rings (SSSR count). The van der Waals surface area contributed by atoms with Crippen LogP contribution >= 0.6 is 23.1 Å². The summed E-state index contributed by atoms with van der Waals surface area (Å²) in [6, 6.07) is 0. The van der Waals surface area contributed by atoms with E-state index in [1.807, 2.05) is 11.8 Å². The number of halogens is 3. The monoisotopic (exact) mass is 366 g/mol. The predicted molar refractivity (Wildman–Crippen MR) is 90.3 cm³/mol. The zero-order chi connectivity index (χ0) is 16.9. The van der Waals surface area contributed by atoms with Crippen molar-refractivity contribution in [3.8, 4) is 0 Å². The molecule has 9 heteroatoms. The van der Waals surface area contributed by atoms with Crippen LogP contribution in [0.3, 0.4) is 0 Å². The van der Waals surface area contributed by atoms with Crippen molar-refractivity contribution in [1.82, 2.24) is 15.6 Å². The van der Waals surface area contributed by atoms with E-state index in [4.69, 9.17) is 0 Å². The van der Waals surface area contributed by atoms with E-state index in [9.17, 15) is 13.2 Å². The van der Waals surface area contributed by atoms with Gasteiger partial charge in [-0.05, 0) is 25.5 Å². The number of rotatable bonds is 5. The molecule has 1 saturated heterocycles. The first-order chi connectivity index (χ1) is 10.8. The second kappa shape index (κ2) is 7.74. The first-order valence-electron chi connectivity index (χ1n) is 7.42. The lowest BCUT2D eigenvalue weighted by Gasteiger charge is -2.24. The fraction of sp³-hybridized carbons (Fsp3) is 0.714. The van der Waals surface area contributed by atoms with Crippen molar-refractivity contribution in [2.45, 2.75) is 37.1 Å². The van der Waals surface area contributed by atoms with Crippen molar-refractivity contribution in [1.29, 1.82) is 0 Å². The fourth-order valence-electron chi connectivity index (χ4n) is 2.31. The van der Waals surface area contributed by atoms with Gasteiger partial charge in [-0.15, -0.1) is 11.3 Å². The Bertz CT molecular complexity index is 536. The predicted octanol–water partition coefficient (Wildman–Crippen LogP) is 3.16. The third-order valence-corrected chi connectivity index (χ3v) is 6.07. The van der Waals surface area contributed by atoms with E-state index < -0.39 is 11.9 Å². The lowest BCUT2D eigenvalue weighted by molar-refractivity contribution is -0.140. The van der Waals surface area contributed by atoms with E-state index in [1.54, 1.807) is 7.05 Å². The summed E-state index contributed by atoms with van der Waals surface area (Å²) in [5.41, 5.74) is -0.814. The van der Waals surface area contributed by atoms with Gasteiger partial charge in [0.15, 0.2) is 11.7 Å². The Morgan fingerprint density at radius 2 is 2.22 bits per heavy atom. The molecule has 2 heterocycles. The average molecular weight is 366 g/mol. The Morgan fingerprint density at radius 3 is 2.78 bits per heavy atom. The number of thiazole rings is 1. The van der Waals surface area contributed by atoms with Gasteiger partial charge in [0.25, 0.3) is 0 Å². The number of alkyl halides is 3. The van der Waals surface area contributed by atoms with Gasteiger partial charge in [0, 0.05) is 36.7 Å². The van der Waals surface area contributed by atoms with E-state index in [-0.39, 0.29) is 4.75 Å². The van der Waals surface area contributed by atoms with E-state index in [1.165, 1.54) is 18.6 Å². The van der Waals surface area contributed by atoms with Crippen molar-refractivity contribution >= 4 is 29.1 Å². The number of hydrogen-bond donors (Lipinski definition) is 2. The Morgan fingerprint density at radius 1 is 1.43 bits per heavy atom. The van der Waals surface area contributed by atoms with Gasteiger partial charge >= 0.3 is 6.18 Å². The highest BCUT2D eigenvalue weighted by Crippen LogP contribution is 2.36. The second-order valence-corrected chi connectivity index (χ2v) is 8.25. The maximum absolute atomic E-state index is 12.5. The van der Waals surface area contributed by atoms with Crippen molar-refractivity contribution in [3.05, 3.63) is 16.1 Å². The molecule has 4 nitrogen and oxygen atoms in total. The molecule has 130 valence electrons. The zero-order valence-corrected chi connectivity index (χ0v) is 14.8. The Hall–Kier alpha value is -0.960. The van der Waals surface area contributed by atoms with Crippen molar-refractivity contribution in [3.63, 3.8) is 0 Å². The maximum atomic E-state index is 12.5. The smallest absolute Gasteiger partial charge is 0.356 e. The molecule has 1 aliphatic rings. The molecule has 2 N–H and O–H groups in total. The molecule has 1 aromatic rings. The summed E-state index contributed by atoms with van der Waals surface area (Å²) < 4.78 is 37.7. The SMILES string of the molecule is CN=C(NCCc1nc(C(F)(F)F)cs1)NCC1(C)CCCS1. The summed E-state index contributed by atoms with van der Waals surface area (Å²) in [6.45, 7) is 3.56. The standard InChI is InChI=1S/C14H21F3N4S2/c1-13(5-3-7-23-13)9-20-12(18-2)19-6-4-11-21-10(8-22-11)14(15,16)17/h8H,3-7,9H2,1-2H3,(H2,18,19,20). The number of nitrogens with zero attached hydrogens (tertiary/aromatic N) is 2. The molecule has 1 atom stereocenters. The molecule has 0 spiro atoms. The maximum Gasteiger partial charge on any atom is 0.434 e. The molecule has 0 radical (unpaired) electrons. The van der Waals surface area contributed by atoms with Gasteiger partial charge in [0.1, 0.15) is 0 Å². The van der Waals surface area contributed by atoms with Gasteiger partial charge in [-0.3, -0.25) is 4.99 Å². The van der Waals surface area contributed by atoms with Crippen LogP contribution in [0.15, 0.2) is 10.4 Å². The molecule has 1 aromatic heterocycles. The van der Waals surface area contributed by atoms with Crippen LogP contribution in [-0.4, -0.2) is 41.6 Å². The van der Waals surface area contributed by atoms with Crippen LogP contribution in [0, 0.1) is 0 Å². The van der Waals surface area contributed by atoms with Crippen molar-refractivity contribution in [2.24, 2.45) is 4.99 Å². The number of aliphatic imine (C=N–C) groups is 1. The van der Waals surface area contributed by atoms with E-state index in [0.29, 0.717) is 23.9 Å². The molecule has 1 aliphatic heterocycles. The van der Waals surface area contributed by atoms with Gasteiger partial charge in [0.2, 0.25) is 0 Å². The van der Waals surface area contributed by atoms with Crippen molar-refractivity contribution < 1.29 is 13.2 Å². The van der Waals surface area contributed by atoms with Crippen molar-refractivity contribution in [2.75, 3.05) is 25.9 Å². The topological polar surface area (TPSA) is 49.3 Å². The van der Waals surface area contributed by atoms with Crippen LogP contribution in [0.4, 0.5) is 13.2 Å². The van der Waals surface area contributed by atoms with Crippen LogP contribution in [0.1, 0.15) is 30.5 Å². The average Bonchev–Trinajstić information content (AvgIpc) is 3.12. The molecule has 1 fully saturated rings. The highest BCUT2D eigenvalue weighted by molar-refractivity contribution is 8.00. The molecule has 1 unspecified atom stereocenters. The quantitative estimate of drug-likeness (QED) is 0.621. The highest BCUT2D eigenvalue weighted by atomic mass is 32.2. The normalized spacial score (nSPS) is 22.4. The fourth-order valence-corrected chi connectivity index (χ4v) is 4.36. The van der Waals surface area contributed by atoms with Crippen LogP contribution in [-0.2, 0) is 12.6 Å². The highest BCUT2D eigenvalue weighted by Gasteiger charge is 2.33. The first kappa shape index (κ1) is 18.4. The van der Waals surface area contributed by atoms with Crippen LogP contribution in [0.25, 0.3) is 0 Å². The zero-order valence-electron chi connectivity index (χ0n) is 13.2. The molecule has 0 aliphatic carbocycles. The lowest BCUT2D eigenvalue weighted by Crippen LogP contribution is -2.44.